The van der Waals surface area contributed by atoms with E-state index in [9.17, 15) is 4.79 Å². The van der Waals surface area contributed by atoms with Crippen LogP contribution in [0.15, 0.2) is 85.1 Å². The first-order chi connectivity index (χ1) is 12.8. The fourth-order valence-corrected chi connectivity index (χ4v) is 2.94. The van der Waals surface area contributed by atoms with Gasteiger partial charge in [0.05, 0.1) is 6.26 Å². The van der Waals surface area contributed by atoms with Crippen molar-refractivity contribution in [1.29, 1.82) is 0 Å². The van der Waals surface area contributed by atoms with Crippen LogP contribution in [0.25, 0.3) is 16.7 Å². The van der Waals surface area contributed by atoms with Gasteiger partial charge in [0.1, 0.15) is 0 Å². The molecule has 0 saturated heterocycles. The first-order valence-electron chi connectivity index (χ1n) is 8.45. The lowest BCUT2D eigenvalue weighted by molar-refractivity contribution is -0.123. The molecule has 0 radical (unpaired) electrons. The molecule has 130 valence electrons. The first-order valence-corrected chi connectivity index (χ1v) is 8.82. The molecule has 0 aromatic heterocycles. The summed E-state index contributed by atoms with van der Waals surface area (Å²) in [6, 6.07) is 26.3. The Balaban J connectivity index is 1.76. The van der Waals surface area contributed by atoms with Gasteiger partial charge in [0.25, 0.3) is 6.47 Å². The van der Waals surface area contributed by atoms with Crippen molar-refractivity contribution in [3.63, 3.8) is 0 Å². The van der Waals surface area contributed by atoms with Gasteiger partial charge in [-0.2, -0.15) is 0 Å². The molecular formula is C23H19ClO2. The van der Waals surface area contributed by atoms with Crippen molar-refractivity contribution >= 4 is 23.6 Å². The molecule has 0 aliphatic rings. The van der Waals surface area contributed by atoms with Gasteiger partial charge in [0.15, 0.2) is 0 Å². The van der Waals surface area contributed by atoms with Gasteiger partial charge >= 0.3 is 0 Å². The molecule has 26 heavy (non-hydrogen) atoms. The number of hydrogen-bond acceptors (Lipinski definition) is 2. The first kappa shape index (κ1) is 18.0. The highest BCUT2D eigenvalue weighted by atomic mass is 35.5. The Kier molecular flexibility index (Phi) is 6.24. The molecule has 3 aromatic rings. The van der Waals surface area contributed by atoms with Crippen LogP contribution in [0.5, 0.6) is 0 Å². The molecule has 0 saturated carbocycles. The Labute approximate surface area is 158 Å². The molecule has 0 aliphatic heterocycles. The molecule has 3 rings (SSSR count). The van der Waals surface area contributed by atoms with Crippen LogP contribution in [0.3, 0.4) is 0 Å². The second kappa shape index (κ2) is 9.02. The smallest absolute Gasteiger partial charge is 0.297 e. The van der Waals surface area contributed by atoms with Gasteiger partial charge in [-0.3, -0.25) is 4.79 Å². The summed E-state index contributed by atoms with van der Waals surface area (Å²) in [5.41, 5.74) is 5.54. The summed E-state index contributed by atoms with van der Waals surface area (Å²) in [5, 5.41) is 0.727. The molecule has 3 heteroatoms. The summed E-state index contributed by atoms with van der Waals surface area (Å²) in [4.78, 5) is 10.6. The van der Waals surface area contributed by atoms with Crippen LogP contribution in [0.4, 0.5) is 0 Å². The van der Waals surface area contributed by atoms with Crippen molar-refractivity contribution in [2.24, 2.45) is 0 Å². The number of allylic oxidation sites excluding steroid dienone is 1. The molecular weight excluding hydrogens is 344 g/mol. The third-order valence-electron chi connectivity index (χ3n) is 4.22. The van der Waals surface area contributed by atoms with E-state index < -0.39 is 0 Å². The molecule has 0 heterocycles. The normalized spacial score (nSPS) is 11.2. The molecule has 0 bridgehead atoms. The molecule has 0 spiro atoms. The quantitative estimate of drug-likeness (QED) is 0.372. The second-order valence-corrected chi connectivity index (χ2v) is 6.38. The number of carbonyl (C=O) groups is 1. The zero-order chi connectivity index (χ0) is 18.2. The molecule has 3 aromatic carbocycles. The van der Waals surface area contributed by atoms with Crippen LogP contribution in [0, 0.1) is 0 Å². The number of aryl methyl sites for hydroxylation is 1. The molecule has 0 fully saturated rings. The van der Waals surface area contributed by atoms with Crippen molar-refractivity contribution in [2.75, 3.05) is 0 Å². The van der Waals surface area contributed by atoms with Gasteiger partial charge in [0.2, 0.25) is 0 Å². The fourth-order valence-electron chi connectivity index (χ4n) is 2.82. The summed E-state index contributed by atoms with van der Waals surface area (Å²) in [6.07, 6.45) is 3.13. The van der Waals surface area contributed by atoms with Crippen LogP contribution in [0.1, 0.15) is 17.5 Å². The van der Waals surface area contributed by atoms with Gasteiger partial charge in [-0.1, -0.05) is 78.3 Å². The summed E-state index contributed by atoms with van der Waals surface area (Å²) < 4.78 is 4.91. The Hall–Kier alpha value is -2.84. The van der Waals surface area contributed by atoms with Crippen LogP contribution in [-0.2, 0) is 16.0 Å². The van der Waals surface area contributed by atoms with E-state index in [0.717, 1.165) is 34.6 Å². The summed E-state index contributed by atoms with van der Waals surface area (Å²) in [6.45, 7) is 0.445. The largest absolute Gasteiger partial charge is 0.436 e. The van der Waals surface area contributed by atoms with Crippen molar-refractivity contribution in [2.45, 2.75) is 12.8 Å². The standard InChI is InChI=1S/C23H19ClO2/c24-23-14-7-18(8-15-23)6-9-22(16-26-17-25)21-12-10-20(11-13-21)19-4-2-1-3-5-19/h1-5,7-8,10-17H,6,9H2/b22-16+. The number of rotatable bonds is 7. The second-order valence-electron chi connectivity index (χ2n) is 5.95. The minimum atomic E-state index is 0.445. The highest BCUT2D eigenvalue weighted by Gasteiger charge is 2.05. The molecule has 0 N–H and O–H groups in total. The Bertz CT molecular complexity index is 866. The Morgan fingerprint density at radius 1 is 0.846 bits per heavy atom. The maximum atomic E-state index is 10.6. The lowest BCUT2D eigenvalue weighted by Crippen LogP contribution is -1.92. The number of ether oxygens (including phenoxy) is 1. The molecule has 0 atom stereocenters. The van der Waals surface area contributed by atoms with Gasteiger partial charge < -0.3 is 4.74 Å². The van der Waals surface area contributed by atoms with E-state index in [-0.39, 0.29) is 0 Å². The zero-order valence-electron chi connectivity index (χ0n) is 14.3. The Morgan fingerprint density at radius 2 is 1.50 bits per heavy atom. The SMILES string of the molecule is O=CO/C=C(\CCc1ccc(Cl)cc1)c1ccc(-c2ccccc2)cc1. The minimum absolute atomic E-state index is 0.445. The highest BCUT2D eigenvalue weighted by Crippen LogP contribution is 2.25. The minimum Gasteiger partial charge on any atom is -0.436 e. The number of halogens is 1. The van der Waals surface area contributed by atoms with Crippen molar-refractivity contribution < 1.29 is 9.53 Å². The number of benzene rings is 3. The van der Waals surface area contributed by atoms with Gasteiger partial charge in [0, 0.05) is 5.02 Å². The predicted molar refractivity (Wildman–Crippen MR) is 107 cm³/mol. The topological polar surface area (TPSA) is 26.3 Å². The highest BCUT2D eigenvalue weighted by molar-refractivity contribution is 6.30. The van der Waals surface area contributed by atoms with Crippen molar-refractivity contribution in [1.82, 2.24) is 0 Å². The maximum Gasteiger partial charge on any atom is 0.297 e. The third kappa shape index (κ3) is 4.84. The van der Waals surface area contributed by atoms with E-state index >= 15 is 0 Å². The average Bonchev–Trinajstić information content (AvgIpc) is 2.70. The van der Waals surface area contributed by atoms with Crippen LogP contribution >= 0.6 is 11.6 Å². The van der Waals surface area contributed by atoms with Gasteiger partial charge in [-0.25, -0.2) is 0 Å². The van der Waals surface area contributed by atoms with E-state index in [1.54, 1.807) is 0 Å². The summed E-state index contributed by atoms with van der Waals surface area (Å²) in [7, 11) is 0. The monoisotopic (exact) mass is 362 g/mol. The number of carbonyl (C=O) groups excluding carboxylic acids is 1. The fraction of sp³-hybridized carbons (Fsp3) is 0.0870. The van der Waals surface area contributed by atoms with Crippen molar-refractivity contribution in [3.8, 4) is 11.1 Å². The van der Waals surface area contributed by atoms with E-state index in [2.05, 4.69) is 36.4 Å². The predicted octanol–water partition coefficient (Wildman–Crippen LogP) is 6.15. The van der Waals surface area contributed by atoms with Crippen LogP contribution < -0.4 is 0 Å². The van der Waals surface area contributed by atoms with Gasteiger partial charge in [-0.05, 0) is 52.8 Å². The third-order valence-corrected chi connectivity index (χ3v) is 4.48. The molecule has 0 unspecified atom stereocenters. The molecule has 0 amide bonds. The summed E-state index contributed by atoms with van der Waals surface area (Å²) >= 11 is 5.93. The zero-order valence-corrected chi connectivity index (χ0v) is 15.0. The Morgan fingerprint density at radius 3 is 2.15 bits per heavy atom. The average molecular weight is 363 g/mol. The van der Waals surface area contributed by atoms with Gasteiger partial charge in [-0.15, -0.1) is 0 Å². The van der Waals surface area contributed by atoms with Crippen LogP contribution in [0.2, 0.25) is 5.02 Å². The van der Waals surface area contributed by atoms with E-state index in [1.165, 1.54) is 17.4 Å². The maximum absolute atomic E-state index is 10.6. The summed E-state index contributed by atoms with van der Waals surface area (Å²) in [5.74, 6) is 0. The molecule has 2 nitrogen and oxygen atoms in total. The lowest BCUT2D eigenvalue weighted by atomic mass is 9.97. The van der Waals surface area contributed by atoms with Crippen molar-refractivity contribution in [3.05, 3.63) is 101 Å². The van der Waals surface area contributed by atoms with Crippen LogP contribution in [-0.4, -0.2) is 6.47 Å². The van der Waals surface area contributed by atoms with E-state index in [1.807, 2.05) is 42.5 Å². The number of hydrogen-bond donors (Lipinski definition) is 0. The molecule has 0 aliphatic carbocycles. The lowest BCUT2D eigenvalue weighted by Gasteiger charge is -2.09. The van der Waals surface area contributed by atoms with E-state index in [4.69, 9.17) is 16.3 Å². The van der Waals surface area contributed by atoms with E-state index in [0.29, 0.717) is 6.47 Å².